The Hall–Kier alpha value is -3.54. The highest BCUT2D eigenvalue weighted by atomic mass is 19.1. The first kappa shape index (κ1) is 22.2. The van der Waals surface area contributed by atoms with Gasteiger partial charge in [0.1, 0.15) is 11.9 Å². The summed E-state index contributed by atoms with van der Waals surface area (Å²) < 4.78 is 13.4. The molecule has 6 heteroatoms. The van der Waals surface area contributed by atoms with Crippen LogP contribution in [0.4, 0.5) is 4.39 Å². The zero-order valence-corrected chi connectivity index (χ0v) is 17.5. The van der Waals surface area contributed by atoms with Crippen LogP contribution in [0.1, 0.15) is 42.5 Å². The third kappa shape index (κ3) is 6.22. The molecule has 3 aromatic rings. The van der Waals surface area contributed by atoms with Crippen molar-refractivity contribution < 1.29 is 14.0 Å². The molecule has 0 saturated carbocycles. The average molecular weight is 420 g/mol. The van der Waals surface area contributed by atoms with Crippen LogP contribution in [0.3, 0.4) is 0 Å². The number of nitrogens with one attached hydrogen (secondary N) is 1. The minimum Gasteiger partial charge on any atom is -0.350 e. The first-order chi connectivity index (χ1) is 15.1. The molecular formula is C25H26FN3O2. The van der Waals surface area contributed by atoms with Gasteiger partial charge in [-0.1, -0.05) is 55.5 Å². The molecule has 1 heterocycles. The van der Waals surface area contributed by atoms with Crippen molar-refractivity contribution in [3.05, 3.63) is 102 Å². The Morgan fingerprint density at radius 3 is 2.39 bits per heavy atom. The van der Waals surface area contributed by atoms with Crippen LogP contribution in [-0.4, -0.2) is 21.7 Å². The molecular weight excluding hydrogens is 393 g/mol. The van der Waals surface area contributed by atoms with Crippen molar-refractivity contribution in [3.8, 4) is 0 Å². The lowest BCUT2D eigenvalue weighted by molar-refractivity contribution is -0.141. The summed E-state index contributed by atoms with van der Waals surface area (Å²) >= 11 is 0. The Balaban J connectivity index is 1.91. The van der Waals surface area contributed by atoms with Crippen molar-refractivity contribution in [1.82, 2.24) is 15.2 Å². The van der Waals surface area contributed by atoms with E-state index in [1.807, 2.05) is 49.4 Å². The highest BCUT2D eigenvalue weighted by Crippen LogP contribution is 2.25. The van der Waals surface area contributed by atoms with Gasteiger partial charge in [-0.25, -0.2) is 4.39 Å². The second-order valence-electron chi connectivity index (χ2n) is 7.29. The normalized spacial score (nSPS) is 11.5. The van der Waals surface area contributed by atoms with Gasteiger partial charge in [-0.3, -0.25) is 14.6 Å². The quantitative estimate of drug-likeness (QED) is 0.559. The van der Waals surface area contributed by atoms with Gasteiger partial charge in [0.05, 0.1) is 0 Å². The van der Waals surface area contributed by atoms with E-state index in [1.165, 1.54) is 12.1 Å². The smallest absolute Gasteiger partial charge is 0.247 e. The Bertz CT molecular complexity index is 979. The summed E-state index contributed by atoms with van der Waals surface area (Å²) in [6, 6.07) is 18.1. The molecule has 31 heavy (non-hydrogen) atoms. The summed E-state index contributed by atoms with van der Waals surface area (Å²) in [5.74, 6) is -0.747. The van der Waals surface area contributed by atoms with E-state index in [9.17, 15) is 14.0 Å². The second kappa shape index (κ2) is 11.0. The standard InChI is InChI=1S/C25H26FN3O2/c1-2-7-23(30)29(18-19-11-13-22(26)14-12-19)24(21-9-4-3-5-10-21)25(31)28-17-20-8-6-15-27-16-20/h3-6,8-16,24H,2,7,17-18H2,1H3,(H,28,31). The summed E-state index contributed by atoms with van der Waals surface area (Å²) in [5.41, 5.74) is 2.34. The second-order valence-corrected chi connectivity index (χ2v) is 7.29. The molecule has 1 atom stereocenters. The van der Waals surface area contributed by atoms with Crippen LogP contribution in [0.5, 0.6) is 0 Å². The summed E-state index contributed by atoms with van der Waals surface area (Å²) in [6.45, 7) is 2.44. The number of carbonyl (C=O) groups is 2. The van der Waals surface area contributed by atoms with Crippen LogP contribution in [0.2, 0.25) is 0 Å². The molecule has 160 valence electrons. The fraction of sp³-hybridized carbons (Fsp3) is 0.240. The molecule has 1 N–H and O–H groups in total. The molecule has 0 aliphatic rings. The summed E-state index contributed by atoms with van der Waals surface area (Å²) in [4.78, 5) is 32.0. The predicted molar refractivity (Wildman–Crippen MR) is 117 cm³/mol. The number of hydrogen-bond donors (Lipinski definition) is 1. The Labute approximate surface area is 181 Å². The molecule has 5 nitrogen and oxygen atoms in total. The van der Waals surface area contributed by atoms with Gasteiger partial charge in [0, 0.05) is 31.9 Å². The largest absolute Gasteiger partial charge is 0.350 e. The zero-order chi connectivity index (χ0) is 22.1. The van der Waals surface area contributed by atoms with E-state index in [4.69, 9.17) is 0 Å². The van der Waals surface area contributed by atoms with Crippen molar-refractivity contribution in [2.24, 2.45) is 0 Å². The van der Waals surface area contributed by atoms with Gasteiger partial charge in [0.25, 0.3) is 0 Å². The maximum absolute atomic E-state index is 13.4. The third-order valence-electron chi connectivity index (χ3n) is 4.92. The maximum atomic E-state index is 13.4. The van der Waals surface area contributed by atoms with Crippen molar-refractivity contribution in [2.75, 3.05) is 0 Å². The van der Waals surface area contributed by atoms with E-state index in [2.05, 4.69) is 10.3 Å². The van der Waals surface area contributed by atoms with Crippen LogP contribution in [0.25, 0.3) is 0 Å². The average Bonchev–Trinajstić information content (AvgIpc) is 2.80. The Kier molecular flexibility index (Phi) is 7.87. The fourth-order valence-electron chi connectivity index (χ4n) is 3.36. The number of halogens is 1. The number of nitrogens with zero attached hydrogens (tertiary/aromatic N) is 2. The number of benzene rings is 2. The Morgan fingerprint density at radius 2 is 1.74 bits per heavy atom. The SMILES string of the molecule is CCCC(=O)N(Cc1ccc(F)cc1)C(C(=O)NCc1cccnc1)c1ccccc1. The molecule has 0 aliphatic heterocycles. The van der Waals surface area contributed by atoms with Crippen LogP contribution in [0.15, 0.2) is 79.1 Å². The number of rotatable bonds is 9. The first-order valence-electron chi connectivity index (χ1n) is 10.3. The lowest BCUT2D eigenvalue weighted by atomic mass is 10.0. The molecule has 2 amide bonds. The lowest BCUT2D eigenvalue weighted by Gasteiger charge is -2.31. The number of amides is 2. The van der Waals surface area contributed by atoms with E-state index in [0.717, 1.165) is 16.7 Å². The topological polar surface area (TPSA) is 62.3 Å². The molecule has 0 spiro atoms. The number of carbonyl (C=O) groups excluding carboxylic acids is 2. The third-order valence-corrected chi connectivity index (χ3v) is 4.92. The number of pyridine rings is 1. The number of aromatic nitrogens is 1. The predicted octanol–water partition coefficient (Wildman–Crippen LogP) is 4.41. The first-order valence-corrected chi connectivity index (χ1v) is 10.3. The maximum Gasteiger partial charge on any atom is 0.247 e. The summed E-state index contributed by atoms with van der Waals surface area (Å²) in [7, 11) is 0. The van der Waals surface area contributed by atoms with Gasteiger partial charge < -0.3 is 10.2 Å². The molecule has 2 aromatic carbocycles. The minimum atomic E-state index is -0.804. The van der Waals surface area contributed by atoms with Gasteiger partial charge in [0.15, 0.2) is 0 Å². The summed E-state index contributed by atoms with van der Waals surface area (Å²) in [5, 5.41) is 2.94. The van der Waals surface area contributed by atoms with Gasteiger partial charge in [-0.15, -0.1) is 0 Å². The molecule has 0 saturated heterocycles. The molecule has 0 bridgehead atoms. The Morgan fingerprint density at radius 1 is 1.00 bits per heavy atom. The lowest BCUT2D eigenvalue weighted by Crippen LogP contribution is -2.43. The monoisotopic (exact) mass is 419 g/mol. The molecule has 3 rings (SSSR count). The van der Waals surface area contributed by atoms with Gasteiger partial charge >= 0.3 is 0 Å². The zero-order valence-electron chi connectivity index (χ0n) is 17.5. The fourth-order valence-corrected chi connectivity index (χ4v) is 3.36. The van der Waals surface area contributed by atoms with Crippen LogP contribution in [0, 0.1) is 5.82 Å². The molecule has 1 unspecified atom stereocenters. The van der Waals surface area contributed by atoms with E-state index in [-0.39, 0.29) is 24.2 Å². The van der Waals surface area contributed by atoms with Gasteiger partial charge in [-0.2, -0.15) is 0 Å². The van der Waals surface area contributed by atoms with Crippen LogP contribution in [-0.2, 0) is 22.7 Å². The van der Waals surface area contributed by atoms with Crippen molar-refractivity contribution >= 4 is 11.8 Å². The van der Waals surface area contributed by atoms with Crippen LogP contribution < -0.4 is 5.32 Å². The van der Waals surface area contributed by atoms with E-state index in [1.54, 1.807) is 29.4 Å². The van der Waals surface area contributed by atoms with E-state index >= 15 is 0 Å². The van der Waals surface area contributed by atoms with Gasteiger partial charge in [-0.05, 0) is 41.3 Å². The molecule has 0 radical (unpaired) electrons. The van der Waals surface area contributed by atoms with E-state index in [0.29, 0.717) is 19.4 Å². The number of hydrogen-bond acceptors (Lipinski definition) is 3. The molecule has 1 aromatic heterocycles. The van der Waals surface area contributed by atoms with Crippen LogP contribution >= 0.6 is 0 Å². The van der Waals surface area contributed by atoms with Gasteiger partial charge in [0.2, 0.25) is 11.8 Å². The van der Waals surface area contributed by atoms with Crippen molar-refractivity contribution in [3.63, 3.8) is 0 Å². The van der Waals surface area contributed by atoms with E-state index < -0.39 is 6.04 Å². The summed E-state index contributed by atoms with van der Waals surface area (Å²) in [6.07, 6.45) is 4.35. The minimum absolute atomic E-state index is 0.128. The highest BCUT2D eigenvalue weighted by Gasteiger charge is 2.31. The van der Waals surface area contributed by atoms with Crippen molar-refractivity contribution in [1.29, 1.82) is 0 Å². The molecule has 0 aliphatic carbocycles. The molecule has 0 fully saturated rings. The highest BCUT2D eigenvalue weighted by molar-refractivity contribution is 5.88. The van der Waals surface area contributed by atoms with Crippen molar-refractivity contribution in [2.45, 2.75) is 38.9 Å².